The molecule has 0 aromatic carbocycles. The molecule has 20 heavy (non-hydrogen) atoms. The maximum absolute atomic E-state index is 12.3. The van der Waals surface area contributed by atoms with Crippen molar-refractivity contribution < 1.29 is 12.8 Å². The third-order valence-corrected chi connectivity index (χ3v) is 5.29. The third kappa shape index (κ3) is 3.62. The van der Waals surface area contributed by atoms with E-state index in [1.165, 1.54) is 0 Å². The van der Waals surface area contributed by atoms with Crippen molar-refractivity contribution in [2.24, 2.45) is 5.92 Å². The van der Waals surface area contributed by atoms with E-state index in [0.717, 1.165) is 25.8 Å². The minimum atomic E-state index is -3.45. The van der Waals surface area contributed by atoms with Crippen LogP contribution in [-0.4, -0.2) is 21.0 Å². The molecule has 2 N–H and O–H groups in total. The second-order valence-electron chi connectivity index (χ2n) is 5.44. The Morgan fingerprint density at radius 1 is 1.40 bits per heavy atom. The van der Waals surface area contributed by atoms with Gasteiger partial charge in [-0.3, -0.25) is 0 Å². The quantitative estimate of drug-likeness (QED) is 0.722. The summed E-state index contributed by atoms with van der Waals surface area (Å²) in [4.78, 5) is 0.271. The lowest BCUT2D eigenvalue weighted by Crippen LogP contribution is -2.27. The lowest BCUT2D eigenvalue weighted by atomic mass is 10.3. The van der Waals surface area contributed by atoms with Gasteiger partial charge in [0.1, 0.15) is 16.4 Å². The molecule has 1 aliphatic rings. The van der Waals surface area contributed by atoms with Crippen molar-refractivity contribution in [3.63, 3.8) is 0 Å². The highest BCUT2D eigenvalue weighted by Gasteiger charge is 2.39. The molecular formula is C14H24N2O3S. The molecule has 1 heterocycles. The first kappa shape index (κ1) is 15.5. The first-order valence-corrected chi connectivity index (χ1v) is 8.78. The minimum absolute atomic E-state index is 0.0981. The average Bonchev–Trinajstić information content (AvgIpc) is 3.01. The number of hydrogen-bond acceptors (Lipinski definition) is 4. The number of nitrogens with one attached hydrogen (secondary N) is 2. The lowest BCUT2D eigenvalue weighted by Gasteiger charge is -2.04. The van der Waals surface area contributed by atoms with E-state index < -0.39 is 10.0 Å². The van der Waals surface area contributed by atoms with Crippen LogP contribution in [0.25, 0.3) is 0 Å². The van der Waals surface area contributed by atoms with Crippen molar-refractivity contribution in [3.05, 3.63) is 17.6 Å². The molecule has 0 radical (unpaired) electrons. The van der Waals surface area contributed by atoms with Crippen molar-refractivity contribution >= 4 is 10.0 Å². The first-order chi connectivity index (χ1) is 9.47. The molecule has 1 aromatic heterocycles. The lowest BCUT2D eigenvalue weighted by molar-refractivity contribution is 0.457. The van der Waals surface area contributed by atoms with Crippen LogP contribution in [0.3, 0.4) is 0 Å². The second kappa shape index (κ2) is 6.28. The molecule has 2 atom stereocenters. The largest absolute Gasteiger partial charge is 0.464 e. The zero-order valence-corrected chi connectivity index (χ0v) is 13.2. The highest BCUT2D eigenvalue weighted by molar-refractivity contribution is 7.89. The van der Waals surface area contributed by atoms with Crippen LogP contribution in [0.1, 0.15) is 44.6 Å². The summed E-state index contributed by atoms with van der Waals surface area (Å²) in [5.41, 5.74) is 0. The molecule has 114 valence electrons. The van der Waals surface area contributed by atoms with Crippen LogP contribution < -0.4 is 10.0 Å². The normalized spacial score (nSPS) is 22.1. The van der Waals surface area contributed by atoms with Gasteiger partial charge in [-0.25, -0.2) is 13.1 Å². The van der Waals surface area contributed by atoms with Crippen LogP contribution in [0.5, 0.6) is 0 Å². The van der Waals surface area contributed by atoms with Gasteiger partial charge in [0.05, 0.1) is 6.54 Å². The molecule has 0 bridgehead atoms. The molecule has 1 aliphatic carbocycles. The fourth-order valence-electron chi connectivity index (χ4n) is 2.37. The summed E-state index contributed by atoms with van der Waals surface area (Å²) in [7, 11) is -3.45. The van der Waals surface area contributed by atoms with E-state index in [4.69, 9.17) is 4.42 Å². The van der Waals surface area contributed by atoms with E-state index in [0.29, 0.717) is 24.0 Å². The molecule has 5 nitrogen and oxygen atoms in total. The monoisotopic (exact) mass is 300 g/mol. The van der Waals surface area contributed by atoms with E-state index in [9.17, 15) is 8.42 Å². The summed E-state index contributed by atoms with van der Waals surface area (Å²) in [6.07, 6.45) is 2.99. The molecular weight excluding hydrogens is 276 g/mol. The average molecular weight is 300 g/mol. The Morgan fingerprint density at radius 3 is 2.75 bits per heavy atom. The number of sulfonamides is 1. The van der Waals surface area contributed by atoms with Crippen molar-refractivity contribution in [1.29, 1.82) is 0 Å². The van der Waals surface area contributed by atoms with E-state index in [2.05, 4.69) is 23.9 Å². The zero-order chi connectivity index (χ0) is 14.8. The summed E-state index contributed by atoms with van der Waals surface area (Å²) < 4.78 is 32.9. The Labute approximate surface area is 121 Å². The number of hydrogen-bond donors (Lipinski definition) is 2. The third-order valence-electron chi connectivity index (χ3n) is 3.69. The molecule has 6 heteroatoms. The summed E-state index contributed by atoms with van der Waals surface area (Å²) in [6.45, 7) is 7.31. The van der Waals surface area contributed by atoms with Gasteiger partial charge < -0.3 is 9.73 Å². The van der Waals surface area contributed by atoms with Gasteiger partial charge in [-0.1, -0.05) is 20.3 Å². The van der Waals surface area contributed by atoms with Crippen LogP contribution in [-0.2, 0) is 16.6 Å². The van der Waals surface area contributed by atoms with E-state index in [-0.39, 0.29) is 10.9 Å². The fraction of sp³-hybridized carbons (Fsp3) is 0.714. The van der Waals surface area contributed by atoms with Crippen LogP contribution in [0, 0.1) is 12.8 Å². The predicted molar refractivity (Wildman–Crippen MR) is 78.0 cm³/mol. The van der Waals surface area contributed by atoms with E-state index in [1.54, 1.807) is 13.0 Å². The predicted octanol–water partition coefficient (Wildman–Crippen LogP) is 2.16. The molecule has 2 rings (SSSR count). The van der Waals surface area contributed by atoms with Crippen molar-refractivity contribution in [2.45, 2.75) is 57.5 Å². The second-order valence-corrected chi connectivity index (χ2v) is 7.12. The molecule has 0 saturated heterocycles. The maximum atomic E-state index is 12.3. The van der Waals surface area contributed by atoms with Gasteiger partial charge in [0.2, 0.25) is 10.0 Å². The standard InChI is InChI=1S/C14H24N2O3S/c1-4-6-15-9-12-8-14(10(3)19-12)20(17,18)16-13-7-11(13)5-2/h8,11,13,15-16H,4-7,9H2,1-3H3. The van der Waals surface area contributed by atoms with E-state index >= 15 is 0 Å². The molecule has 2 unspecified atom stereocenters. The Balaban J connectivity index is 2.03. The molecule has 0 amide bonds. The topological polar surface area (TPSA) is 71.3 Å². The summed E-state index contributed by atoms with van der Waals surface area (Å²) in [6, 6.07) is 1.73. The summed E-state index contributed by atoms with van der Waals surface area (Å²) in [5.74, 6) is 1.61. The van der Waals surface area contributed by atoms with Gasteiger partial charge in [0, 0.05) is 12.1 Å². The summed E-state index contributed by atoms with van der Waals surface area (Å²) in [5, 5.41) is 3.20. The van der Waals surface area contributed by atoms with Gasteiger partial charge >= 0.3 is 0 Å². The van der Waals surface area contributed by atoms with Crippen molar-refractivity contribution in [3.8, 4) is 0 Å². The maximum Gasteiger partial charge on any atom is 0.244 e. The molecule has 1 aromatic rings. The highest BCUT2D eigenvalue weighted by atomic mass is 32.2. The SMILES string of the molecule is CCCNCc1cc(S(=O)(=O)NC2CC2CC)c(C)o1. The minimum Gasteiger partial charge on any atom is -0.464 e. The Hall–Kier alpha value is -0.850. The fourth-order valence-corrected chi connectivity index (χ4v) is 3.89. The Morgan fingerprint density at radius 2 is 2.15 bits per heavy atom. The van der Waals surface area contributed by atoms with Gasteiger partial charge in [-0.05, 0) is 32.2 Å². The number of aryl methyl sites for hydroxylation is 1. The van der Waals surface area contributed by atoms with Crippen LogP contribution in [0.15, 0.2) is 15.4 Å². The van der Waals surface area contributed by atoms with Gasteiger partial charge in [0.15, 0.2) is 0 Å². The first-order valence-electron chi connectivity index (χ1n) is 7.30. The Kier molecular flexibility index (Phi) is 4.88. The molecule has 0 aliphatic heterocycles. The molecule has 1 saturated carbocycles. The van der Waals surface area contributed by atoms with Crippen molar-refractivity contribution in [2.75, 3.05) is 6.54 Å². The van der Waals surface area contributed by atoms with E-state index in [1.807, 2.05) is 0 Å². The van der Waals surface area contributed by atoms with Gasteiger partial charge in [-0.2, -0.15) is 0 Å². The zero-order valence-electron chi connectivity index (χ0n) is 12.4. The molecule has 0 spiro atoms. The number of rotatable bonds is 8. The molecule has 1 fully saturated rings. The van der Waals surface area contributed by atoms with Crippen LogP contribution in [0.4, 0.5) is 0 Å². The van der Waals surface area contributed by atoms with Gasteiger partial charge in [0.25, 0.3) is 0 Å². The van der Waals surface area contributed by atoms with Crippen molar-refractivity contribution in [1.82, 2.24) is 10.0 Å². The summed E-state index contributed by atoms with van der Waals surface area (Å²) >= 11 is 0. The smallest absolute Gasteiger partial charge is 0.244 e. The Bertz CT molecular complexity index is 551. The number of furan rings is 1. The van der Waals surface area contributed by atoms with Crippen LogP contribution >= 0.6 is 0 Å². The highest BCUT2D eigenvalue weighted by Crippen LogP contribution is 2.34. The van der Waals surface area contributed by atoms with Gasteiger partial charge in [-0.15, -0.1) is 0 Å². The van der Waals surface area contributed by atoms with Crippen LogP contribution in [0.2, 0.25) is 0 Å².